The molecule has 37 heavy (non-hydrogen) atoms. The van der Waals surface area contributed by atoms with Crippen molar-refractivity contribution in [1.29, 1.82) is 0 Å². The van der Waals surface area contributed by atoms with E-state index in [-0.39, 0.29) is 13.0 Å². The van der Waals surface area contributed by atoms with Crippen molar-refractivity contribution < 1.29 is 54.9 Å². The standard InChI is InChI=1S/C23H20F6N2O6/c24-22(25,26)21(23(27,28)29)36-17(19(33)37-21)12-30-18(32)16(11-14-7-3-1-4-8-14)31-20(34)35-13-15-9-5-2-6-10-15/h1-10,16-17H,11-13H2,(H,30,32)(H,31,34)/t16-,17-/m0/s1. The number of alkyl halides is 6. The first-order valence-corrected chi connectivity index (χ1v) is 10.7. The molecule has 0 unspecified atom stereocenters. The fraction of sp³-hybridized carbons (Fsp3) is 0.348. The van der Waals surface area contributed by atoms with Gasteiger partial charge < -0.3 is 24.8 Å². The molecule has 2 atom stereocenters. The van der Waals surface area contributed by atoms with Crippen LogP contribution in [-0.4, -0.2) is 54.8 Å². The number of ether oxygens (including phenoxy) is 3. The van der Waals surface area contributed by atoms with Gasteiger partial charge in [0.2, 0.25) is 5.91 Å². The summed E-state index contributed by atoms with van der Waals surface area (Å²) in [6.45, 7) is -1.22. The molecule has 0 aliphatic carbocycles. The topological polar surface area (TPSA) is 103 Å². The number of rotatable bonds is 8. The van der Waals surface area contributed by atoms with E-state index in [4.69, 9.17) is 4.74 Å². The van der Waals surface area contributed by atoms with E-state index in [1.807, 2.05) is 5.32 Å². The highest BCUT2D eigenvalue weighted by atomic mass is 19.4. The second-order valence-corrected chi connectivity index (χ2v) is 7.83. The maximum atomic E-state index is 13.1. The van der Waals surface area contributed by atoms with Crippen LogP contribution in [0.25, 0.3) is 0 Å². The van der Waals surface area contributed by atoms with E-state index in [1.54, 1.807) is 60.7 Å². The maximum Gasteiger partial charge on any atom is 0.465 e. The molecule has 1 aliphatic heterocycles. The lowest BCUT2D eigenvalue weighted by Gasteiger charge is -2.30. The highest BCUT2D eigenvalue weighted by Gasteiger charge is 2.80. The van der Waals surface area contributed by atoms with Gasteiger partial charge in [0.05, 0.1) is 6.54 Å². The van der Waals surface area contributed by atoms with Gasteiger partial charge in [-0.05, 0) is 11.1 Å². The molecular weight excluding hydrogens is 514 g/mol. The molecule has 1 fully saturated rings. The summed E-state index contributed by atoms with van der Waals surface area (Å²) in [7, 11) is 0. The predicted octanol–water partition coefficient (Wildman–Crippen LogP) is 3.40. The van der Waals surface area contributed by atoms with Crippen LogP contribution >= 0.6 is 0 Å². The summed E-state index contributed by atoms with van der Waals surface area (Å²) in [5.41, 5.74) is 1.21. The van der Waals surface area contributed by atoms with Crippen LogP contribution in [0.3, 0.4) is 0 Å². The minimum Gasteiger partial charge on any atom is -0.445 e. The molecule has 1 heterocycles. The van der Waals surface area contributed by atoms with E-state index < -0.39 is 54.8 Å². The van der Waals surface area contributed by atoms with Gasteiger partial charge in [0, 0.05) is 6.42 Å². The van der Waals surface area contributed by atoms with E-state index in [0.29, 0.717) is 11.1 Å². The number of esters is 1. The van der Waals surface area contributed by atoms with Crippen LogP contribution in [0.15, 0.2) is 60.7 Å². The van der Waals surface area contributed by atoms with Crippen LogP contribution in [0, 0.1) is 0 Å². The molecule has 0 aromatic heterocycles. The largest absolute Gasteiger partial charge is 0.465 e. The Bertz CT molecular complexity index is 1080. The van der Waals surface area contributed by atoms with E-state index in [2.05, 4.69) is 14.8 Å². The first-order chi connectivity index (χ1) is 17.3. The summed E-state index contributed by atoms with van der Waals surface area (Å²) in [6, 6.07) is 15.4. The van der Waals surface area contributed by atoms with E-state index in [0.717, 1.165) is 0 Å². The predicted molar refractivity (Wildman–Crippen MR) is 113 cm³/mol. The Kier molecular flexibility index (Phi) is 8.31. The summed E-state index contributed by atoms with van der Waals surface area (Å²) in [5, 5.41) is 4.32. The van der Waals surface area contributed by atoms with Gasteiger partial charge in [0.25, 0.3) is 0 Å². The van der Waals surface area contributed by atoms with Crippen LogP contribution < -0.4 is 10.6 Å². The van der Waals surface area contributed by atoms with Crippen molar-refractivity contribution in [3.63, 3.8) is 0 Å². The zero-order valence-electron chi connectivity index (χ0n) is 18.8. The lowest BCUT2D eigenvalue weighted by Crippen LogP contribution is -2.58. The normalized spacial score (nSPS) is 18.0. The van der Waals surface area contributed by atoms with Gasteiger partial charge >= 0.3 is 30.2 Å². The molecule has 1 aliphatic rings. The molecule has 200 valence electrons. The van der Waals surface area contributed by atoms with Crippen LogP contribution in [0.2, 0.25) is 0 Å². The maximum absolute atomic E-state index is 13.1. The van der Waals surface area contributed by atoms with E-state index in [9.17, 15) is 40.7 Å². The zero-order valence-corrected chi connectivity index (χ0v) is 18.8. The minimum atomic E-state index is -6.13. The number of hydrogen-bond acceptors (Lipinski definition) is 6. The number of nitrogens with one attached hydrogen (secondary N) is 2. The van der Waals surface area contributed by atoms with E-state index >= 15 is 0 Å². The Morgan fingerprint density at radius 2 is 1.46 bits per heavy atom. The van der Waals surface area contributed by atoms with E-state index in [1.165, 1.54) is 0 Å². The average molecular weight is 534 g/mol. The Morgan fingerprint density at radius 3 is 1.97 bits per heavy atom. The van der Waals surface area contributed by atoms with Crippen molar-refractivity contribution >= 4 is 18.0 Å². The average Bonchev–Trinajstić information content (AvgIpc) is 3.20. The number of carbonyl (C=O) groups excluding carboxylic acids is 3. The summed E-state index contributed by atoms with van der Waals surface area (Å²) in [6.07, 6.45) is -15.8. The Balaban J connectivity index is 1.67. The number of cyclic esters (lactones) is 1. The smallest absolute Gasteiger partial charge is 0.445 e. The molecule has 2 aromatic rings. The molecule has 0 saturated carbocycles. The fourth-order valence-corrected chi connectivity index (χ4v) is 3.30. The molecule has 0 spiro atoms. The Labute approximate surface area is 205 Å². The summed E-state index contributed by atoms with van der Waals surface area (Å²) in [5.74, 6) is -8.15. The monoisotopic (exact) mass is 534 g/mol. The van der Waals surface area contributed by atoms with Crippen LogP contribution in [0.4, 0.5) is 31.1 Å². The molecule has 3 rings (SSSR count). The second kappa shape index (κ2) is 11.1. The first-order valence-electron chi connectivity index (χ1n) is 10.7. The van der Waals surface area contributed by atoms with Crippen molar-refractivity contribution in [1.82, 2.24) is 10.6 Å². The number of hydrogen-bond donors (Lipinski definition) is 2. The van der Waals surface area contributed by atoms with Crippen molar-refractivity contribution in [3.05, 3.63) is 71.8 Å². The highest BCUT2D eigenvalue weighted by molar-refractivity contribution is 5.86. The summed E-state index contributed by atoms with van der Waals surface area (Å²) in [4.78, 5) is 36.8. The molecule has 1 saturated heterocycles. The van der Waals surface area contributed by atoms with Gasteiger partial charge in [-0.2, -0.15) is 26.3 Å². The lowest BCUT2D eigenvalue weighted by molar-refractivity contribution is -0.439. The van der Waals surface area contributed by atoms with Gasteiger partial charge in [0.1, 0.15) is 12.6 Å². The van der Waals surface area contributed by atoms with Crippen LogP contribution in [0.5, 0.6) is 0 Å². The number of alkyl carbamates (subject to hydrolysis) is 1. The molecule has 8 nitrogen and oxygen atoms in total. The Hall–Kier alpha value is -3.81. The number of carbonyl (C=O) groups is 3. The SMILES string of the molecule is O=C(N[C@@H](Cc1ccccc1)C(=O)NC[C@@H]1OC(C(F)(F)F)(C(F)(F)F)OC1=O)OCc1ccccc1. The van der Waals surface area contributed by atoms with Crippen LogP contribution in [0.1, 0.15) is 11.1 Å². The zero-order chi connectivity index (χ0) is 27.3. The number of halogens is 6. The summed E-state index contributed by atoms with van der Waals surface area (Å²) < 4.78 is 91.2. The van der Waals surface area contributed by atoms with Crippen molar-refractivity contribution in [3.8, 4) is 0 Å². The number of benzene rings is 2. The van der Waals surface area contributed by atoms with Crippen molar-refractivity contribution in [2.45, 2.75) is 43.3 Å². The van der Waals surface area contributed by atoms with Gasteiger partial charge in [-0.3, -0.25) is 4.79 Å². The Morgan fingerprint density at radius 1 is 0.919 bits per heavy atom. The lowest BCUT2D eigenvalue weighted by atomic mass is 10.1. The van der Waals surface area contributed by atoms with Crippen molar-refractivity contribution in [2.75, 3.05) is 6.54 Å². The third-order valence-electron chi connectivity index (χ3n) is 5.13. The fourth-order valence-electron chi connectivity index (χ4n) is 3.30. The molecule has 0 bridgehead atoms. The molecule has 14 heteroatoms. The molecule has 0 radical (unpaired) electrons. The highest BCUT2D eigenvalue weighted by Crippen LogP contribution is 2.50. The molecule has 2 N–H and O–H groups in total. The summed E-state index contributed by atoms with van der Waals surface area (Å²) >= 11 is 0. The van der Waals surface area contributed by atoms with Gasteiger partial charge in [-0.1, -0.05) is 60.7 Å². The minimum absolute atomic E-state index is 0.113. The van der Waals surface area contributed by atoms with Crippen molar-refractivity contribution in [2.24, 2.45) is 0 Å². The van der Waals surface area contributed by atoms with Crippen LogP contribution in [-0.2, 0) is 36.8 Å². The first kappa shape index (κ1) is 27.8. The third-order valence-corrected chi connectivity index (χ3v) is 5.13. The third kappa shape index (κ3) is 6.70. The second-order valence-electron chi connectivity index (χ2n) is 7.83. The van der Waals surface area contributed by atoms with Gasteiger partial charge in [-0.15, -0.1) is 0 Å². The van der Waals surface area contributed by atoms with Gasteiger partial charge in [0.15, 0.2) is 6.10 Å². The molecule has 2 amide bonds. The quantitative estimate of drug-likeness (QED) is 0.398. The van der Waals surface area contributed by atoms with Gasteiger partial charge in [-0.25, -0.2) is 9.59 Å². The molecule has 2 aromatic carbocycles. The molecular formula is C23H20F6N2O6. The number of amides is 2.